The maximum Gasteiger partial charge on any atom is 0.225 e. The molecule has 2 atom stereocenters. The molecule has 0 aliphatic heterocycles. The lowest BCUT2D eigenvalue weighted by atomic mass is 10.0. The summed E-state index contributed by atoms with van der Waals surface area (Å²) >= 11 is 0. The van der Waals surface area contributed by atoms with E-state index in [9.17, 15) is 9.90 Å². The summed E-state index contributed by atoms with van der Waals surface area (Å²) in [4.78, 5) is 12.2. The van der Waals surface area contributed by atoms with Crippen LogP contribution in [0.2, 0.25) is 0 Å². The van der Waals surface area contributed by atoms with E-state index in [1.807, 2.05) is 39.0 Å². The normalized spacial score (nSPS) is 17.9. The molecule has 4 nitrogen and oxygen atoms in total. The molecule has 0 aromatic heterocycles. The van der Waals surface area contributed by atoms with Gasteiger partial charge in [0.1, 0.15) is 0 Å². The number of aliphatic hydroxyl groups is 1. The molecule has 0 saturated heterocycles. The van der Waals surface area contributed by atoms with Crippen LogP contribution in [0.15, 0.2) is 18.2 Å². The molecule has 3 N–H and O–H groups in total. The largest absolute Gasteiger partial charge is 0.392 e. The fourth-order valence-electron chi connectivity index (χ4n) is 3.27. The van der Waals surface area contributed by atoms with Gasteiger partial charge in [-0.25, -0.2) is 0 Å². The first-order chi connectivity index (χ1) is 11.0. The lowest BCUT2D eigenvalue weighted by Gasteiger charge is -2.21. The highest BCUT2D eigenvalue weighted by atomic mass is 16.3. The maximum absolute atomic E-state index is 12.2. The zero-order valence-corrected chi connectivity index (χ0v) is 14.6. The van der Waals surface area contributed by atoms with E-state index in [-0.39, 0.29) is 18.1 Å². The van der Waals surface area contributed by atoms with Crippen molar-refractivity contribution >= 4 is 11.6 Å². The Morgan fingerprint density at radius 1 is 1.30 bits per heavy atom. The van der Waals surface area contributed by atoms with E-state index in [0.717, 1.165) is 24.1 Å². The van der Waals surface area contributed by atoms with E-state index in [1.54, 1.807) is 0 Å². The minimum Gasteiger partial charge on any atom is -0.392 e. The number of rotatable bonds is 7. The lowest BCUT2D eigenvalue weighted by molar-refractivity contribution is -0.116. The topological polar surface area (TPSA) is 61.4 Å². The molecule has 2 rings (SSSR count). The Kier molecular flexibility index (Phi) is 6.60. The van der Waals surface area contributed by atoms with Crippen molar-refractivity contribution in [2.24, 2.45) is 5.92 Å². The molecule has 1 aliphatic rings. The Bertz CT molecular complexity index is 524. The fraction of sp³-hybridized carbons (Fsp3) is 0.632. The summed E-state index contributed by atoms with van der Waals surface area (Å²) in [7, 11) is 0. The SMILES string of the molecule is Cc1cccc(NC(=O)CC(C)NCC(O)C2CCCC2)c1C. The van der Waals surface area contributed by atoms with E-state index in [0.29, 0.717) is 18.9 Å². The van der Waals surface area contributed by atoms with Gasteiger partial charge in [0.25, 0.3) is 0 Å². The molecule has 1 aromatic carbocycles. The highest BCUT2D eigenvalue weighted by Crippen LogP contribution is 2.27. The van der Waals surface area contributed by atoms with Gasteiger partial charge >= 0.3 is 0 Å². The number of benzene rings is 1. The number of carbonyl (C=O) groups excluding carboxylic acids is 1. The molecule has 0 spiro atoms. The quantitative estimate of drug-likeness (QED) is 0.724. The predicted molar refractivity (Wildman–Crippen MR) is 94.6 cm³/mol. The van der Waals surface area contributed by atoms with Crippen LogP contribution in [0, 0.1) is 19.8 Å². The Morgan fingerprint density at radius 3 is 2.70 bits per heavy atom. The molecule has 1 fully saturated rings. The standard InChI is InChI=1S/C19H30N2O2/c1-13-7-6-10-17(15(13)3)21-19(23)11-14(2)20-12-18(22)16-8-4-5-9-16/h6-7,10,14,16,18,20,22H,4-5,8-9,11-12H2,1-3H3,(H,21,23). The van der Waals surface area contributed by atoms with Crippen molar-refractivity contribution in [3.05, 3.63) is 29.3 Å². The van der Waals surface area contributed by atoms with Gasteiger partial charge in [0, 0.05) is 24.7 Å². The average Bonchev–Trinajstić information content (AvgIpc) is 3.04. The third-order valence-electron chi connectivity index (χ3n) is 4.99. The highest BCUT2D eigenvalue weighted by Gasteiger charge is 2.23. The molecule has 1 aromatic rings. The molecular weight excluding hydrogens is 288 g/mol. The van der Waals surface area contributed by atoms with Crippen LogP contribution in [0.1, 0.15) is 50.2 Å². The van der Waals surface area contributed by atoms with E-state index in [1.165, 1.54) is 18.4 Å². The van der Waals surface area contributed by atoms with Crippen LogP contribution in [-0.2, 0) is 4.79 Å². The maximum atomic E-state index is 12.2. The molecule has 23 heavy (non-hydrogen) atoms. The van der Waals surface area contributed by atoms with Crippen LogP contribution in [-0.4, -0.2) is 29.7 Å². The minimum atomic E-state index is -0.290. The van der Waals surface area contributed by atoms with Gasteiger partial charge in [0.2, 0.25) is 5.91 Å². The second-order valence-corrected chi connectivity index (χ2v) is 6.92. The van der Waals surface area contributed by atoms with Crippen LogP contribution < -0.4 is 10.6 Å². The zero-order valence-electron chi connectivity index (χ0n) is 14.6. The van der Waals surface area contributed by atoms with Crippen molar-refractivity contribution in [3.8, 4) is 0 Å². The number of carbonyl (C=O) groups is 1. The summed E-state index contributed by atoms with van der Waals surface area (Å²) < 4.78 is 0. The monoisotopic (exact) mass is 318 g/mol. The van der Waals surface area contributed by atoms with Crippen molar-refractivity contribution in [2.45, 2.75) is 65.0 Å². The van der Waals surface area contributed by atoms with Crippen LogP contribution in [0.4, 0.5) is 5.69 Å². The van der Waals surface area contributed by atoms with E-state index in [4.69, 9.17) is 0 Å². The van der Waals surface area contributed by atoms with Crippen LogP contribution in [0.3, 0.4) is 0 Å². The molecular formula is C19H30N2O2. The smallest absolute Gasteiger partial charge is 0.225 e. The van der Waals surface area contributed by atoms with E-state index < -0.39 is 0 Å². The number of hydrogen-bond donors (Lipinski definition) is 3. The van der Waals surface area contributed by atoms with Crippen molar-refractivity contribution < 1.29 is 9.90 Å². The zero-order chi connectivity index (χ0) is 16.8. The number of aryl methyl sites for hydroxylation is 1. The van der Waals surface area contributed by atoms with Crippen LogP contribution >= 0.6 is 0 Å². The number of amides is 1. The van der Waals surface area contributed by atoms with Gasteiger partial charge in [-0.05, 0) is 56.7 Å². The Balaban J connectivity index is 1.74. The minimum absolute atomic E-state index is 0.00839. The summed E-state index contributed by atoms with van der Waals surface area (Å²) in [6.07, 6.45) is 4.84. The third-order valence-corrected chi connectivity index (χ3v) is 4.99. The van der Waals surface area contributed by atoms with Crippen molar-refractivity contribution in [1.29, 1.82) is 0 Å². The Morgan fingerprint density at radius 2 is 2.00 bits per heavy atom. The molecule has 2 unspecified atom stereocenters. The second kappa shape index (κ2) is 8.46. The summed E-state index contributed by atoms with van der Waals surface area (Å²) in [5.74, 6) is 0.438. The third kappa shape index (κ3) is 5.33. The van der Waals surface area contributed by atoms with Crippen LogP contribution in [0.5, 0.6) is 0 Å². The Labute approximate surface area is 139 Å². The molecule has 0 heterocycles. The van der Waals surface area contributed by atoms with Gasteiger partial charge < -0.3 is 15.7 Å². The summed E-state index contributed by atoms with van der Waals surface area (Å²) in [5, 5.41) is 16.4. The van der Waals surface area contributed by atoms with Gasteiger partial charge in [0.05, 0.1) is 6.10 Å². The number of anilines is 1. The molecule has 1 saturated carbocycles. The second-order valence-electron chi connectivity index (χ2n) is 6.92. The van der Waals surface area contributed by atoms with Gasteiger partial charge in [-0.2, -0.15) is 0 Å². The summed E-state index contributed by atoms with van der Waals surface area (Å²) in [6.45, 7) is 6.62. The van der Waals surface area contributed by atoms with Gasteiger partial charge in [-0.15, -0.1) is 0 Å². The summed E-state index contributed by atoms with van der Waals surface area (Å²) in [6, 6.07) is 5.98. The Hall–Kier alpha value is -1.39. The predicted octanol–water partition coefficient (Wildman–Crippen LogP) is 3.16. The fourth-order valence-corrected chi connectivity index (χ4v) is 3.27. The molecule has 1 aliphatic carbocycles. The first-order valence-electron chi connectivity index (χ1n) is 8.75. The number of aliphatic hydroxyl groups excluding tert-OH is 1. The van der Waals surface area contributed by atoms with Crippen LogP contribution in [0.25, 0.3) is 0 Å². The van der Waals surface area contributed by atoms with Crippen molar-refractivity contribution in [1.82, 2.24) is 5.32 Å². The van der Waals surface area contributed by atoms with E-state index >= 15 is 0 Å². The van der Waals surface area contributed by atoms with Crippen molar-refractivity contribution in [3.63, 3.8) is 0 Å². The summed E-state index contributed by atoms with van der Waals surface area (Å²) in [5.41, 5.74) is 3.17. The van der Waals surface area contributed by atoms with Gasteiger partial charge in [0.15, 0.2) is 0 Å². The number of hydrogen-bond acceptors (Lipinski definition) is 3. The molecule has 1 amide bonds. The lowest BCUT2D eigenvalue weighted by Crippen LogP contribution is -2.38. The average molecular weight is 318 g/mol. The molecule has 0 radical (unpaired) electrons. The van der Waals surface area contributed by atoms with Gasteiger partial charge in [-0.3, -0.25) is 4.79 Å². The van der Waals surface area contributed by atoms with E-state index in [2.05, 4.69) is 10.6 Å². The molecule has 0 bridgehead atoms. The highest BCUT2D eigenvalue weighted by molar-refractivity contribution is 5.92. The first kappa shape index (κ1) is 18.0. The number of nitrogens with one attached hydrogen (secondary N) is 2. The molecule has 4 heteroatoms. The van der Waals surface area contributed by atoms with Crippen molar-refractivity contribution in [2.75, 3.05) is 11.9 Å². The van der Waals surface area contributed by atoms with Gasteiger partial charge in [-0.1, -0.05) is 25.0 Å². The first-order valence-corrected chi connectivity index (χ1v) is 8.75. The molecule has 128 valence electrons.